The van der Waals surface area contributed by atoms with Gasteiger partial charge in [-0.05, 0) is 12.3 Å². The summed E-state index contributed by atoms with van der Waals surface area (Å²) in [5, 5.41) is 7.67. The summed E-state index contributed by atoms with van der Waals surface area (Å²) in [5.74, 6) is 1.18. The smallest absolute Gasteiger partial charge is 0.0637 e. The van der Waals surface area contributed by atoms with Crippen LogP contribution < -0.4 is 5.32 Å². The van der Waals surface area contributed by atoms with Crippen molar-refractivity contribution in [3.8, 4) is 0 Å². The summed E-state index contributed by atoms with van der Waals surface area (Å²) < 4.78 is 1.84. The molecule has 0 amide bonds. The molecule has 1 heterocycles. The molecule has 1 aromatic rings. The van der Waals surface area contributed by atoms with Gasteiger partial charge in [0.05, 0.1) is 5.69 Å². The van der Waals surface area contributed by atoms with Crippen LogP contribution in [-0.2, 0) is 13.5 Å². The minimum absolute atomic E-state index is 1.02. The molecule has 3 nitrogen and oxygen atoms in total. The highest BCUT2D eigenvalue weighted by Gasteiger charge is 1.95. The number of nitrogens with zero attached hydrogens (tertiary/aromatic N) is 2. The van der Waals surface area contributed by atoms with Crippen LogP contribution in [0.4, 0.5) is 0 Å². The van der Waals surface area contributed by atoms with Gasteiger partial charge in [0.2, 0.25) is 0 Å². The monoisotopic (exact) mass is 199 g/mol. The molecule has 0 saturated heterocycles. The van der Waals surface area contributed by atoms with Crippen molar-refractivity contribution < 1.29 is 0 Å². The molecule has 0 radical (unpaired) electrons. The van der Waals surface area contributed by atoms with Crippen LogP contribution in [0.5, 0.6) is 0 Å². The molecule has 13 heavy (non-hydrogen) atoms. The van der Waals surface area contributed by atoms with E-state index in [0.717, 1.165) is 19.5 Å². The fraction of sp³-hybridized carbons (Fsp3) is 0.667. The lowest BCUT2D eigenvalue weighted by molar-refractivity contribution is 0.688. The molecule has 0 aliphatic heterocycles. The molecule has 4 heteroatoms. The number of aromatic nitrogens is 2. The molecule has 0 bridgehead atoms. The zero-order valence-corrected chi connectivity index (χ0v) is 9.10. The fourth-order valence-corrected chi connectivity index (χ4v) is 1.46. The third-order valence-corrected chi connectivity index (χ3v) is 2.42. The maximum atomic E-state index is 4.30. The normalized spacial score (nSPS) is 10.6. The molecule has 1 N–H and O–H groups in total. The Morgan fingerprint density at radius 2 is 2.38 bits per heavy atom. The van der Waals surface area contributed by atoms with Gasteiger partial charge in [0, 0.05) is 38.5 Å². The third kappa shape index (κ3) is 4.33. The van der Waals surface area contributed by atoms with Crippen molar-refractivity contribution in [1.29, 1.82) is 0 Å². The van der Waals surface area contributed by atoms with E-state index in [4.69, 9.17) is 0 Å². The number of thioether (sulfide) groups is 1. The Hall–Kier alpha value is -0.480. The van der Waals surface area contributed by atoms with Crippen LogP contribution in [0.3, 0.4) is 0 Å². The van der Waals surface area contributed by atoms with Gasteiger partial charge in [0.1, 0.15) is 0 Å². The summed E-state index contributed by atoms with van der Waals surface area (Å²) >= 11 is 1.87. The SMILES string of the molecule is CSCCNCCc1ccn(C)n1. The molecule has 0 spiro atoms. The average Bonchev–Trinajstić information content (AvgIpc) is 2.51. The molecule has 0 aromatic carbocycles. The predicted octanol–water partition coefficient (Wildman–Crippen LogP) is 0.915. The summed E-state index contributed by atoms with van der Waals surface area (Å²) in [6.07, 6.45) is 5.13. The quantitative estimate of drug-likeness (QED) is 0.691. The van der Waals surface area contributed by atoms with Gasteiger partial charge in [-0.25, -0.2) is 0 Å². The van der Waals surface area contributed by atoms with Crippen molar-refractivity contribution in [2.45, 2.75) is 6.42 Å². The van der Waals surface area contributed by atoms with E-state index in [9.17, 15) is 0 Å². The van der Waals surface area contributed by atoms with Gasteiger partial charge in [-0.15, -0.1) is 0 Å². The highest BCUT2D eigenvalue weighted by molar-refractivity contribution is 7.98. The topological polar surface area (TPSA) is 29.9 Å². The molecule has 0 aliphatic rings. The Bertz CT molecular complexity index is 235. The first-order valence-electron chi connectivity index (χ1n) is 4.51. The molecular weight excluding hydrogens is 182 g/mol. The van der Waals surface area contributed by atoms with E-state index in [0.29, 0.717) is 0 Å². The van der Waals surface area contributed by atoms with Crippen LogP contribution in [0, 0.1) is 0 Å². The maximum absolute atomic E-state index is 4.30. The Morgan fingerprint density at radius 1 is 1.54 bits per heavy atom. The van der Waals surface area contributed by atoms with Crippen LogP contribution in [0.25, 0.3) is 0 Å². The Balaban J connectivity index is 2.06. The summed E-state index contributed by atoms with van der Waals surface area (Å²) in [6, 6.07) is 2.07. The van der Waals surface area contributed by atoms with Crippen molar-refractivity contribution in [2.75, 3.05) is 25.1 Å². The first kappa shape index (κ1) is 10.6. The second-order valence-electron chi connectivity index (χ2n) is 2.97. The Kier molecular flexibility index (Phi) is 4.93. The Morgan fingerprint density at radius 3 is 3.00 bits per heavy atom. The number of aryl methyl sites for hydroxylation is 1. The van der Waals surface area contributed by atoms with Gasteiger partial charge in [-0.1, -0.05) is 0 Å². The van der Waals surface area contributed by atoms with Gasteiger partial charge in [0.15, 0.2) is 0 Å². The van der Waals surface area contributed by atoms with E-state index in [1.165, 1.54) is 11.4 Å². The van der Waals surface area contributed by atoms with E-state index in [1.54, 1.807) is 0 Å². The largest absolute Gasteiger partial charge is 0.316 e. The summed E-state index contributed by atoms with van der Waals surface area (Å²) in [7, 11) is 1.95. The number of rotatable bonds is 6. The van der Waals surface area contributed by atoms with Crippen LogP contribution in [0.2, 0.25) is 0 Å². The molecule has 0 atom stereocenters. The molecular formula is C9H17N3S. The van der Waals surface area contributed by atoms with Crippen LogP contribution in [0.15, 0.2) is 12.3 Å². The zero-order chi connectivity index (χ0) is 9.52. The molecule has 0 aliphatic carbocycles. The molecule has 1 rings (SSSR count). The molecule has 74 valence electrons. The molecule has 1 aromatic heterocycles. The van der Waals surface area contributed by atoms with Gasteiger partial charge in [-0.3, -0.25) is 4.68 Å². The van der Waals surface area contributed by atoms with Gasteiger partial charge in [-0.2, -0.15) is 16.9 Å². The minimum Gasteiger partial charge on any atom is -0.316 e. The van der Waals surface area contributed by atoms with Crippen molar-refractivity contribution in [2.24, 2.45) is 7.05 Å². The van der Waals surface area contributed by atoms with E-state index < -0.39 is 0 Å². The first-order valence-corrected chi connectivity index (χ1v) is 5.90. The minimum atomic E-state index is 1.02. The second-order valence-corrected chi connectivity index (χ2v) is 3.96. The van der Waals surface area contributed by atoms with Gasteiger partial charge < -0.3 is 5.32 Å². The van der Waals surface area contributed by atoms with E-state index in [1.807, 2.05) is 29.7 Å². The summed E-state index contributed by atoms with van der Waals surface area (Å²) in [6.45, 7) is 2.12. The van der Waals surface area contributed by atoms with Crippen molar-refractivity contribution in [3.63, 3.8) is 0 Å². The van der Waals surface area contributed by atoms with Gasteiger partial charge in [0.25, 0.3) is 0 Å². The zero-order valence-electron chi connectivity index (χ0n) is 8.29. The summed E-state index contributed by atoms with van der Waals surface area (Å²) in [5.41, 5.74) is 1.17. The molecule has 0 unspecified atom stereocenters. The van der Waals surface area contributed by atoms with E-state index >= 15 is 0 Å². The summed E-state index contributed by atoms with van der Waals surface area (Å²) in [4.78, 5) is 0. The number of nitrogens with one attached hydrogen (secondary N) is 1. The third-order valence-electron chi connectivity index (χ3n) is 1.81. The van der Waals surface area contributed by atoms with Crippen molar-refractivity contribution >= 4 is 11.8 Å². The maximum Gasteiger partial charge on any atom is 0.0637 e. The standard InChI is InChI=1S/C9H17N3S/c1-12-7-4-9(11-12)3-5-10-6-8-13-2/h4,7,10H,3,5-6,8H2,1-2H3. The lowest BCUT2D eigenvalue weighted by Gasteiger charge is -2.00. The number of hydrogen-bond acceptors (Lipinski definition) is 3. The highest BCUT2D eigenvalue weighted by atomic mass is 32.2. The first-order chi connectivity index (χ1) is 6.33. The Labute approximate surface area is 83.9 Å². The van der Waals surface area contributed by atoms with Crippen LogP contribution >= 0.6 is 11.8 Å². The lowest BCUT2D eigenvalue weighted by atomic mass is 10.3. The van der Waals surface area contributed by atoms with Crippen molar-refractivity contribution in [1.82, 2.24) is 15.1 Å². The van der Waals surface area contributed by atoms with Crippen LogP contribution in [-0.4, -0.2) is 34.9 Å². The predicted molar refractivity (Wildman–Crippen MR) is 58.2 cm³/mol. The van der Waals surface area contributed by atoms with Gasteiger partial charge >= 0.3 is 0 Å². The highest BCUT2D eigenvalue weighted by Crippen LogP contribution is 1.94. The fourth-order valence-electron chi connectivity index (χ4n) is 1.11. The van der Waals surface area contributed by atoms with Crippen molar-refractivity contribution in [3.05, 3.63) is 18.0 Å². The van der Waals surface area contributed by atoms with E-state index in [-0.39, 0.29) is 0 Å². The number of hydrogen-bond donors (Lipinski definition) is 1. The van der Waals surface area contributed by atoms with E-state index in [2.05, 4.69) is 22.7 Å². The average molecular weight is 199 g/mol. The van der Waals surface area contributed by atoms with Crippen LogP contribution in [0.1, 0.15) is 5.69 Å². The lowest BCUT2D eigenvalue weighted by Crippen LogP contribution is -2.20. The second kappa shape index (κ2) is 6.05. The molecule has 0 fully saturated rings. The molecule has 0 saturated carbocycles.